The molecule has 28 heavy (non-hydrogen) atoms. The molecule has 0 radical (unpaired) electrons. The molecule has 3 rings (SSSR count). The molecule has 6 nitrogen and oxygen atoms in total. The first-order valence-electron chi connectivity index (χ1n) is 10.2. The fourth-order valence-corrected chi connectivity index (χ4v) is 4.78. The minimum Gasteiger partial charge on any atom is -0.341 e. The molecule has 154 valence electrons. The summed E-state index contributed by atoms with van der Waals surface area (Å²) < 4.78 is 1.10. The number of rotatable bonds is 5. The van der Waals surface area contributed by atoms with Crippen LogP contribution in [-0.4, -0.2) is 78.9 Å². The molecule has 2 atom stereocenters. The van der Waals surface area contributed by atoms with Gasteiger partial charge in [0.05, 0.1) is 13.1 Å². The van der Waals surface area contributed by atoms with Crippen molar-refractivity contribution in [3.63, 3.8) is 0 Å². The molecule has 0 bridgehead atoms. The number of amides is 2. The Balaban J connectivity index is 1.39. The van der Waals surface area contributed by atoms with Gasteiger partial charge >= 0.3 is 0 Å². The Bertz CT molecular complexity index is 681. The predicted molar refractivity (Wildman–Crippen MR) is 120 cm³/mol. The van der Waals surface area contributed by atoms with E-state index in [0.29, 0.717) is 24.9 Å². The van der Waals surface area contributed by atoms with Gasteiger partial charge in [-0.2, -0.15) is 0 Å². The molecule has 2 amide bonds. The summed E-state index contributed by atoms with van der Waals surface area (Å²) in [6, 6.07) is 7.81. The van der Waals surface area contributed by atoms with Crippen LogP contribution in [0.4, 0.5) is 5.69 Å². The molecule has 0 spiro atoms. The molecule has 0 saturated carbocycles. The number of halogens is 1. The summed E-state index contributed by atoms with van der Waals surface area (Å²) in [5, 5.41) is 2.96. The molecule has 1 aromatic carbocycles. The van der Waals surface area contributed by atoms with Crippen molar-refractivity contribution in [3.8, 4) is 0 Å². The summed E-state index contributed by atoms with van der Waals surface area (Å²) in [5.74, 6) is 1.46. The van der Waals surface area contributed by atoms with E-state index in [0.717, 1.165) is 48.5 Å². The largest absolute Gasteiger partial charge is 0.341 e. The fourth-order valence-electron chi connectivity index (χ4n) is 4.23. The number of likely N-dealkylation sites (tertiary alicyclic amines) is 1. The number of nitrogens with zero attached hydrogens (tertiary/aromatic N) is 3. The monoisotopic (exact) mass is 498 g/mol. The third-order valence-corrected chi connectivity index (χ3v) is 6.19. The van der Waals surface area contributed by atoms with Crippen LogP contribution in [0.25, 0.3) is 0 Å². The summed E-state index contributed by atoms with van der Waals surface area (Å²) in [4.78, 5) is 31.4. The van der Waals surface area contributed by atoms with Gasteiger partial charge < -0.3 is 10.2 Å². The first-order valence-corrected chi connectivity index (χ1v) is 11.2. The van der Waals surface area contributed by atoms with E-state index >= 15 is 0 Å². The number of benzene rings is 1. The Kier molecular flexibility index (Phi) is 7.70. The summed E-state index contributed by atoms with van der Waals surface area (Å²) in [6.45, 7) is 10.5. The van der Waals surface area contributed by atoms with Crippen LogP contribution >= 0.6 is 22.6 Å². The van der Waals surface area contributed by atoms with Gasteiger partial charge in [0.2, 0.25) is 11.8 Å². The molecule has 2 saturated heterocycles. The lowest BCUT2D eigenvalue weighted by molar-refractivity contribution is -0.135. The molecule has 2 fully saturated rings. The van der Waals surface area contributed by atoms with Crippen LogP contribution < -0.4 is 5.32 Å². The van der Waals surface area contributed by atoms with E-state index in [4.69, 9.17) is 0 Å². The van der Waals surface area contributed by atoms with Gasteiger partial charge in [-0.25, -0.2) is 0 Å². The van der Waals surface area contributed by atoms with Crippen molar-refractivity contribution in [2.75, 3.05) is 57.7 Å². The predicted octanol–water partition coefficient (Wildman–Crippen LogP) is 2.35. The molecule has 2 aliphatic heterocycles. The van der Waals surface area contributed by atoms with E-state index in [1.54, 1.807) is 0 Å². The van der Waals surface area contributed by atoms with Crippen LogP contribution in [0, 0.1) is 15.4 Å². The zero-order valence-corrected chi connectivity index (χ0v) is 19.0. The Hall–Kier alpha value is -1.19. The van der Waals surface area contributed by atoms with Gasteiger partial charge in [0.1, 0.15) is 0 Å². The van der Waals surface area contributed by atoms with Crippen LogP contribution in [0.2, 0.25) is 0 Å². The third kappa shape index (κ3) is 6.42. The molecule has 2 heterocycles. The highest BCUT2D eigenvalue weighted by atomic mass is 127. The molecule has 1 N–H and O–H groups in total. The SMILES string of the molecule is C[C@@H]1C[C@H](C)CN(C(=O)CN2CCN(CC(=O)Nc3cccc(I)c3)CC2)C1. The van der Waals surface area contributed by atoms with E-state index in [9.17, 15) is 9.59 Å². The average molecular weight is 498 g/mol. The first kappa shape index (κ1) is 21.5. The second-order valence-corrected chi connectivity index (χ2v) is 9.60. The number of nitrogens with one attached hydrogen (secondary N) is 1. The minimum absolute atomic E-state index is 0.0165. The first-order chi connectivity index (χ1) is 13.4. The van der Waals surface area contributed by atoms with Gasteiger partial charge in [0.25, 0.3) is 0 Å². The summed E-state index contributed by atoms with van der Waals surface area (Å²) >= 11 is 2.24. The Morgan fingerprint density at radius 1 is 1.04 bits per heavy atom. The smallest absolute Gasteiger partial charge is 0.238 e. The number of piperidine rings is 1. The van der Waals surface area contributed by atoms with Gasteiger partial charge in [-0.1, -0.05) is 19.9 Å². The van der Waals surface area contributed by atoms with E-state index < -0.39 is 0 Å². The highest BCUT2D eigenvalue weighted by molar-refractivity contribution is 14.1. The van der Waals surface area contributed by atoms with Crippen LogP contribution in [0.1, 0.15) is 20.3 Å². The lowest BCUT2D eigenvalue weighted by Crippen LogP contribution is -2.52. The Morgan fingerprint density at radius 3 is 2.25 bits per heavy atom. The van der Waals surface area contributed by atoms with Crippen molar-refractivity contribution in [1.82, 2.24) is 14.7 Å². The van der Waals surface area contributed by atoms with Crippen molar-refractivity contribution in [2.24, 2.45) is 11.8 Å². The quantitative estimate of drug-likeness (QED) is 0.634. The minimum atomic E-state index is 0.0165. The normalized spacial score (nSPS) is 24.2. The lowest BCUT2D eigenvalue weighted by atomic mass is 9.92. The summed E-state index contributed by atoms with van der Waals surface area (Å²) in [6.07, 6.45) is 1.21. The summed E-state index contributed by atoms with van der Waals surface area (Å²) in [7, 11) is 0. The highest BCUT2D eigenvalue weighted by Crippen LogP contribution is 2.21. The molecule has 2 aliphatic rings. The molecular formula is C21H31IN4O2. The number of hydrogen-bond acceptors (Lipinski definition) is 4. The number of carbonyl (C=O) groups is 2. The van der Waals surface area contributed by atoms with Crippen molar-refractivity contribution in [2.45, 2.75) is 20.3 Å². The number of hydrogen-bond donors (Lipinski definition) is 1. The van der Waals surface area contributed by atoms with Crippen molar-refractivity contribution in [1.29, 1.82) is 0 Å². The number of piperazine rings is 1. The average Bonchev–Trinajstić information content (AvgIpc) is 2.62. The Labute approximate surface area is 181 Å². The van der Waals surface area contributed by atoms with Gasteiger partial charge in [-0.05, 0) is 59.0 Å². The molecule has 0 aliphatic carbocycles. The van der Waals surface area contributed by atoms with Crippen LogP contribution in [-0.2, 0) is 9.59 Å². The highest BCUT2D eigenvalue weighted by Gasteiger charge is 2.27. The standard InChI is InChI=1S/C21H31IN4O2/c1-16-10-17(2)13-26(12-16)21(28)15-25-8-6-24(7-9-25)14-20(27)23-19-5-3-4-18(22)11-19/h3-5,11,16-17H,6-10,12-15H2,1-2H3,(H,23,27)/t16-,17+. The topological polar surface area (TPSA) is 55.9 Å². The van der Waals surface area contributed by atoms with Crippen LogP contribution in [0.3, 0.4) is 0 Å². The van der Waals surface area contributed by atoms with Gasteiger partial charge in [-0.3, -0.25) is 19.4 Å². The van der Waals surface area contributed by atoms with Gasteiger partial charge in [-0.15, -0.1) is 0 Å². The molecular weight excluding hydrogens is 467 g/mol. The fraction of sp³-hybridized carbons (Fsp3) is 0.619. The molecule has 0 unspecified atom stereocenters. The third-order valence-electron chi connectivity index (χ3n) is 5.52. The van der Waals surface area contributed by atoms with Gasteiger partial charge in [0.15, 0.2) is 0 Å². The van der Waals surface area contributed by atoms with Crippen LogP contribution in [0.5, 0.6) is 0 Å². The van der Waals surface area contributed by atoms with E-state index in [1.807, 2.05) is 29.2 Å². The van der Waals surface area contributed by atoms with Crippen molar-refractivity contribution < 1.29 is 9.59 Å². The molecule has 0 aromatic heterocycles. The number of anilines is 1. The maximum atomic E-state index is 12.7. The molecule has 1 aromatic rings. The maximum Gasteiger partial charge on any atom is 0.238 e. The van der Waals surface area contributed by atoms with Crippen LogP contribution in [0.15, 0.2) is 24.3 Å². The maximum absolute atomic E-state index is 12.7. The number of carbonyl (C=O) groups excluding carboxylic acids is 2. The van der Waals surface area contributed by atoms with Crippen molar-refractivity contribution >= 4 is 40.1 Å². The zero-order chi connectivity index (χ0) is 20.1. The van der Waals surface area contributed by atoms with Gasteiger partial charge in [0, 0.05) is 48.5 Å². The molecule has 7 heteroatoms. The Morgan fingerprint density at radius 2 is 1.64 bits per heavy atom. The zero-order valence-electron chi connectivity index (χ0n) is 16.9. The van der Waals surface area contributed by atoms with E-state index in [2.05, 4.69) is 51.6 Å². The van der Waals surface area contributed by atoms with Crippen molar-refractivity contribution in [3.05, 3.63) is 27.8 Å². The second-order valence-electron chi connectivity index (χ2n) is 8.36. The van der Waals surface area contributed by atoms with E-state index in [-0.39, 0.29) is 11.8 Å². The summed E-state index contributed by atoms with van der Waals surface area (Å²) in [5.41, 5.74) is 0.839. The lowest BCUT2D eigenvalue weighted by Gasteiger charge is -2.38. The second kappa shape index (κ2) is 10.0. The van der Waals surface area contributed by atoms with E-state index in [1.165, 1.54) is 6.42 Å².